The van der Waals surface area contributed by atoms with Gasteiger partial charge in [-0.25, -0.2) is 22.9 Å². The van der Waals surface area contributed by atoms with E-state index in [1.54, 1.807) is 17.1 Å². The normalized spacial score (nSPS) is 16.5. The van der Waals surface area contributed by atoms with Crippen molar-refractivity contribution in [2.24, 2.45) is 0 Å². The minimum absolute atomic E-state index is 0.0967. The summed E-state index contributed by atoms with van der Waals surface area (Å²) in [5.74, 6) is 0. The average molecular weight is 311 g/mol. The Kier molecular flexibility index (Phi) is 4.84. The molecule has 0 aromatic heterocycles. The topological polar surface area (TPSA) is 78.5 Å². The molecule has 6 nitrogen and oxygen atoms in total. The van der Waals surface area contributed by atoms with Crippen molar-refractivity contribution in [3.63, 3.8) is 0 Å². The third-order valence-electron chi connectivity index (χ3n) is 3.63. The minimum Gasteiger partial charge on any atom is -0.270 e. The van der Waals surface area contributed by atoms with Gasteiger partial charge in [-0.1, -0.05) is 12.5 Å². The van der Waals surface area contributed by atoms with Crippen LogP contribution in [0, 0.1) is 13.8 Å². The maximum atomic E-state index is 12.2. The molecule has 1 aromatic carbocycles. The van der Waals surface area contributed by atoms with Gasteiger partial charge < -0.3 is 0 Å². The van der Waals surface area contributed by atoms with Gasteiger partial charge in [-0.2, -0.15) is 0 Å². The molecule has 0 aliphatic carbocycles. The van der Waals surface area contributed by atoms with E-state index in [9.17, 15) is 13.2 Å². The van der Waals surface area contributed by atoms with Crippen molar-refractivity contribution in [2.45, 2.75) is 38.0 Å². The predicted molar refractivity (Wildman–Crippen MR) is 80.2 cm³/mol. The molecule has 7 heteroatoms. The van der Waals surface area contributed by atoms with Crippen LogP contribution in [0.4, 0.5) is 4.79 Å². The Morgan fingerprint density at radius 3 is 2.38 bits per heavy atom. The van der Waals surface area contributed by atoms with Gasteiger partial charge in [0.2, 0.25) is 0 Å². The van der Waals surface area contributed by atoms with Crippen LogP contribution in [0.3, 0.4) is 0 Å². The molecule has 1 fully saturated rings. The number of hydrogen-bond acceptors (Lipinski definition) is 4. The van der Waals surface area contributed by atoms with E-state index >= 15 is 0 Å². The Morgan fingerprint density at radius 2 is 1.76 bits per heavy atom. The number of aryl methyl sites for hydroxylation is 2. The monoisotopic (exact) mass is 311 g/mol. The SMILES string of the molecule is Cc1ccc(S(=O)(=O)NC(=O)NN2CCCCC2)cc1C. The van der Waals surface area contributed by atoms with E-state index in [0.717, 1.165) is 43.5 Å². The van der Waals surface area contributed by atoms with Gasteiger partial charge in [0.15, 0.2) is 0 Å². The Bertz CT molecular complexity index is 622. The van der Waals surface area contributed by atoms with Crippen LogP contribution >= 0.6 is 0 Å². The van der Waals surface area contributed by atoms with Crippen molar-refractivity contribution >= 4 is 16.1 Å². The van der Waals surface area contributed by atoms with Crippen LogP contribution in [-0.4, -0.2) is 32.5 Å². The summed E-state index contributed by atoms with van der Waals surface area (Å²) in [4.78, 5) is 11.9. The van der Waals surface area contributed by atoms with Gasteiger partial charge >= 0.3 is 6.03 Å². The van der Waals surface area contributed by atoms with E-state index in [1.165, 1.54) is 6.07 Å². The summed E-state index contributed by atoms with van der Waals surface area (Å²) in [6.45, 7) is 5.23. The molecular weight excluding hydrogens is 290 g/mol. The number of carbonyl (C=O) groups is 1. The molecule has 21 heavy (non-hydrogen) atoms. The summed E-state index contributed by atoms with van der Waals surface area (Å²) in [5, 5.41) is 1.74. The van der Waals surface area contributed by atoms with Gasteiger partial charge in [-0.3, -0.25) is 5.43 Å². The van der Waals surface area contributed by atoms with E-state index in [0.29, 0.717) is 0 Å². The van der Waals surface area contributed by atoms with Gasteiger partial charge in [-0.15, -0.1) is 0 Å². The van der Waals surface area contributed by atoms with Gasteiger partial charge in [0.05, 0.1) is 4.90 Å². The number of sulfonamides is 1. The maximum absolute atomic E-state index is 12.2. The molecular formula is C14H21N3O3S. The highest BCUT2D eigenvalue weighted by Crippen LogP contribution is 2.14. The smallest absolute Gasteiger partial charge is 0.270 e. The third kappa shape index (κ3) is 4.18. The van der Waals surface area contributed by atoms with E-state index < -0.39 is 16.1 Å². The van der Waals surface area contributed by atoms with Crippen molar-refractivity contribution in [1.29, 1.82) is 0 Å². The number of urea groups is 1. The van der Waals surface area contributed by atoms with E-state index in [4.69, 9.17) is 0 Å². The first-order valence-electron chi connectivity index (χ1n) is 7.04. The molecule has 1 aliphatic rings. The minimum atomic E-state index is -3.84. The summed E-state index contributed by atoms with van der Waals surface area (Å²) in [6.07, 6.45) is 3.15. The lowest BCUT2D eigenvalue weighted by atomic mass is 10.1. The van der Waals surface area contributed by atoms with Crippen LogP contribution in [0.15, 0.2) is 23.1 Å². The maximum Gasteiger partial charge on any atom is 0.343 e. The van der Waals surface area contributed by atoms with Crippen molar-refractivity contribution < 1.29 is 13.2 Å². The standard InChI is InChI=1S/C14H21N3O3S/c1-11-6-7-13(10-12(11)2)21(19,20)16-14(18)15-17-8-4-3-5-9-17/h6-7,10H,3-5,8-9H2,1-2H3,(H2,15,16,18). The molecule has 0 unspecified atom stereocenters. The van der Waals surface area contributed by atoms with Gasteiger partial charge in [0.1, 0.15) is 0 Å². The summed E-state index contributed by atoms with van der Waals surface area (Å²) in [5.41, 5.74) is 4.45. The highest BCUT2D eigenvalue weighted by atomic mass is 32.2. The van der Waals surface area contributed by atoms with Crippen LogP contribution in [-0.2, 0) is 10.0 Å². The number of hydrogen-bond donors (Lipinski definition) is 2. The van der Waals surface area contributed by atoms with Crippen LogP contribution in [0.2, 0.25) is 0 Å². The number of benzene rings is 1. The zero-order valence-electron chi connectivity index (χ0n) is 12.3. The molecule has 0 saturated carbocycles. The second-order valence-corrected chi connectivity index (χ2v) is 7.02. The first kappa shape index (κ1) is 15.8. The summed E-state index contributed by atoms with van der Waals surface area (Å²) in [6, 6.07) is 4.08. The lowest BCUT2D eigenvalue weighted by molar-refractivity contribution is 0.158. The largest absolute Gasteiger partial charge is 0.343 e. The van der Waals surface area contributed by atoms with Crippen molar-refractivity contribution in [1.82, 2.24) is 15.2 Å². The fraction of sp³-hybridized carbons (Fsp3) is 0.500. The first-order valence-corrected chi connectivity index (χ1v) is 8.52. The Labute approximate surface area is 125 Å². The average Bonchev–Trinajstić information content (AvgIpc) is 2.42. The molecule has 2 rings (SSSR count). The number of carbonyl (C=O) groups excluding carboxylic acids is 1. The predicted octanol–water partition coefficient (Wildman–Crippen LogP) is 1.69. The fourth-order valence-corrected chi connectivity index (χ4v) is 3.22. The third-order valence-corrected chi connectivity index (χ3v) is 4.96. The molecule has 1 aliphatic heterocycles. The number of rotatable bonds is 3. The highest BCUT2D eigenvalue weighted by molar-refractivity contribution is 7.90. The molecule has 0 atom stereocenters. The summed E-state index contributed by atoms with van der Waals surface area (Å²) >= 11 is 0. The van der Waals surface area contributed by atoms with E-state index in [2.05, 4.69) is 5.43 Å². The molecule has 0 bridgehead atoms. The second kappa shape index (κ2) is 6.44. The zero-order valence-corrected chi connectivity index (χ0v) is 13.2. The lowest BCUT2D eigenvalue weighted by Crippen LogP contribution is -2.50. The Hall–Kier alpha value is -1.60. The number of nitrogens with one attached hydrogen (secondary N) is 2. The van der Waals surface area contributed by atoms with Crippen molar-refractivity contribution in [3.05, 3.63) is 29.3 Å². The quantitative estimate of drug-likeness (QED) is 0.890. The van der Waals surface area contributed by atoms with Crippen molar-refractivity contribution in [2.75, 3.05) is 13.1 Å². The van der Waals surface area contributed by atoms with Crippen LogP contribution in [0.5, 0.6) is 0 Å². The van der Waals surface area contributed by atoms with Crippen LogP contribution < -0.4 is 10.1 Å². The summed E-state index contributed by atoms with van der Waals surface area (Å²) in [7, 11) is -3.84. The van der Waals surface area contributed by atoms with E-state index in [1.807, 2.05) is 18.6 Å². The van der Waals surface area contributed by atoms with Gasteiger partial charge in [0, 0.05) is 13.1 Å². The molecule has 0 radical (unpaired) electrons. The zero-order chi connectivity index (χ0) is 15.5. The number of hydrazine groups is 1. The molecule has 116 valence electrons. The summed E-state index contributed by atoms with van der Waals surface area (Å²) < 4.78 is 26.4. The van der Waals surface area contributed by atoms with Gasteiger partial charge in [0.25, 0.3) is 10.0 Å². The molecule has 1 heterocycles. The molecule has 2 N–H and O–H groups in total. The Balaban J connectivity index is 2.02. The van der Waals surface area contributed by atoms with Crippen LogP contribution in [0.1, 0.15) is 30.4 Å². The Morgan fingerprint density at radius 1 is 1.10 bits per heavy atom. The molecule has 1 saturated heterocycles. The molecule has 2 amide bonds. The molecule has 1 aromatic rings. The second-order valence-electron chi connectivity index (χ2n) is 5.34. The lowest BCUT2D eigenvalue weighted by Gasteiger charge is -2.26. The number of nitrogens with zero attached hydrogens (tertiary/aromatic N) is 1. The first-order chi connectivity index (χ1) is 9.88. The number of piperidine rings is 1. The molecule has 0 spiro atoms. The van der Waals surface area contributed by atoms with E-state index in [-0.39, 0.29) is 4.90 Å². The number of amides is 2. The van der Waals surface area contributed by atoms with Crippen molar-refractivity contribution in [3.8, 4) is 0 Å². The van der Waals surface area contributed by atoms with Crippen LogP contribution in [0.25, 0.3) is 0 Å². The highest BCUT2D eigenvalue weighted by Gasteiger charge is 2.20. The van der Waals surface area contributed by atoms with Gasteiger partial charge in [-0.05, 0) is 49.9 Å². The fourth-order valence-electron chi connectivity index (χ4n) is 2.23.